The summed E-state index contributed by atoms with van der Waals surface area (Å²) in [7, 11) is 1.86. The second-order valence-corrected chi connectivity index (χ2v) is 10.7. The van der Waals surface area contributed by atoms with E-state index in [0.717, 1.165) is 49.4 Å². The van der Waals surface area contributed by atoms with Gasteiger partial charge in [0.05, 0.1) is 18.2 Å². The molecule has 1 N–H and O–H groups in total. The van der Waals surface area contributed by atoms with Gasteiger partial charge in [0, 0.05) is 35.7 Å². The highest BCUT2D eigenvalue weighted by molar-refractivity contribution is 5.89. The van der Waals surface area contributed by atoms with Crippen molar-refractivity contribution in [3.63, 3.8) is 0 Å². The number of hydrogen-bond acceptors (Lipinski definition) is 6. The molecule has 2 aliphatic rings. The van der Waals surface area contributed by atoms with Crippen molar-refractivity contribution < 1.29 is 41.8 Å². The normalized spacial score (nSPS) is 19.4. The fraction of sp³-hybridized carbons (Fsp3) is 0.400. The van der Waals surface area contributed by atoms with Crippen LogP contribution in [0.4, 0.5) is 18.0 Å². The molecule has 8 nitrogen and oxygen atoms in total. The highest BCUT2D eigenvalue weighted by Gasteiger charge is 2.36. The van der Waals surface area contributed by atoms with E-state index in [9.17, 15) is 18.0 Å². The molecule has 11 heteroatoms. The lowest BCUT2D eigenvalue weighted by atomic mass is 9.82. The van der Waals surface area contributed by atoms with Crippen LogP contribution in [-0.4, -0.2) is 33.5 Å². The number of nitrogens with zero attached hydrogens (tertiary/aromatic N) is 2. The minimum atomic E-state index is -4.83. The lowest BCUT2D eigenvalue weighted by Crippen LogP contribution is -2.21. The SMILES string of the molecule is Cn1cc(OC(=O)O)c2ccc([C@H]3CC[C@H](OCc4c(-c5ccccc5OC(F)(F)F)noc4C4CC4)CC3)cc21. The van der Waals surface area contributed by atoms with Crippen LogP contribution in [0, 0.1) is 0 Å². The van der Waals surface area contributed by atoms with E-state index in [2.05, 4.69) is 16.0 Å². The molecular formula is C30H29F3N2O6. The molecule has 0 saturated heterocycles. The Hall–Kier alpha value is -3.99. The van der Waals surface area contributed by atoms with E-state index < -0.39 is 12.5 Å². The van der Waals surface area contributed by atoms with Gasteiger partial charge in [0.1, 0.15) is 17.2 Å². The van der Waals surface area contributed by atoms with Crippen LogP contribution in [0.1, 0.15) is 67.2 Å². The number of carboxylic acid groups (broad SMARTS) is 1. The number of aryl methyl sites for hydroxylation is 1. The number of aromatic nitrogens is 2. The van der Waals surface area contributed by atoms with E-state index in [1.54, 1.807) is 18.3 Å². The van der Waals surface area contributed by atoms with Crippen LogP contribution >= 0.6 is 0 Å². The Morgan fingerprint density at radius 2 is 1.78 bits per heavy atom. The van der Waals surface area contributed by atoms with Crippen LogP contribution in [0.25, 0.3) is 22.2 Å². The molecule has 0 atom stereocenters. The van der Waals surface area contributed by atoms with Crippen molar-refractivity contribution in [2.45, 2.75) is 69.4 Å². The number of benzene rings is 2. The number of hydrogen-bond donors (Lipinski definition) is 1. The Morgan fingerprint density at radius 3 is 2.49 bits per heavy atom. The van der Waals surface area contributed by atoms with E-state index in [1.807, 2.05) is 23.7 Å². The summed E-state index contributed by atoms with van der Waals surface area (Å²) in [6, 6.07) is 12.0. The molecule has 4 aromatic rings. The van der Waals surface area contributed by atoms with Crippen LogP contribution in [0.2, 0.25) is 0 Å². The second-order valence-electron chi connectivity index (χ2n) is 10.7. The van der Waals surface area contributed by atoms with Gasteiger partial charge in [-0.15, -0.1) is 13.2 Å². The lowest BCUT2D eigenvalue weighted by molar-refractivity contribution is -0.274. The van der Waals surface area contributed by atoms with E-state index >= 15 is 0 Å². The average molecular weight is 571 g/mol. The van der Waals surface area contributed by atoms with Gasteiger partial charge < -0.3 is 28.4 Å². The monoisotopic (exact) mass is 570 g/mol. The zero-order valence-electron chi connectivity index (χ0n) is 22.3. The summed E-state index contributed by atoms with van der Waals surface area (Å²) in [5.41, 5.74) is 3.30. The third-order valence-corrected chi connectivity index (χ3v) is 7.92. The molecule has 0 aliphatic heterocycles. The van der Waals surface area contributed by atoms with E-state index in [-0.39, 0.29) is 29.9 Å². The standard InChI is InChI=1S/C30H29F3N2O6/c1-35-15-26(39-29(36)37)21-13-10-19(14-24(21)35)17-8-11-20(12-9-17)38-16-23-27(34-41-28(23)18-6-7-18)22-4-2-3-5-25(22)40-30(31,32)33/h2-5,10,13-15,17-18,20H,6-9,11-12,16H2,1H3,(H,36,37)/t17-,20-. The molecule has 0 bridgehead atoms. The van der Waals surface area contributed by atoms with Gasteiger partial charge in [0.25, 0.3) is 0 Å². The maximum atomic E-state index is 13.1. The number of alkyl halides is 3. The maximum absolute atomic E-state index is 13.1. The van der Waals surface area contributed by atoms with Crippen molar-refractivity contribution in [2.24, 2.45) is 7.05 Å². The molecule has 0 amide bonds. The number of rotatable bonds is 8. The first kappa shape index (κ1) is 27.2. The fourth-order valence-corrected chi connectivity index (χ4v) is 5.77. The Balaban J connectivity index is 1.14. The quantitative estimate of drug-likeness (QED) is 0.215. The van der Waals surface area contributed by atoms with Crippen LogP contribution in [0.3, 0.4) is 0 Å². The van der Waals surface area contributed by atoms with Gasteiger partial charge >= 0.3 is 12.5 Å². The molecule has 0 radical (unpaired) electrons. The zero-order valence-corrected chi connectivity index (χ0v) is 22.3. The van der Waals surface area contributed by atoms with Gasteiger partial charge in [-0.2, -0.15) is 0 Å². The number of halogens is 3. The van der Waals surface area contributed by atoms with Crippen LogP contribution in [0.5, 0.6) is 11.5 Å². The van der Waals surface area contributed by atoms with Crippen molar-refractivity contribution in [3.05, 3.63) is 65.5 Å². The second kappa shape index (κ2) is 10.8. The molecule has 6 rings (SSSR count). The van der Waals surface area contributed by atoms with Crippen molar-refractivity contribution in [2.75, 3.05) is 0 Å². The molecule has 2 fully saturated rings. The Kier molecular flexibility index (Phi) is 7.14. The Morgan fingerprint density at radius 1 is 1.05 bits per heavy atom. The van der Waals surface area contributed by atoms with Gasteiger partial charge in [-0.3, -0.25) is 0 Å². The van der Waals surface area contributed by atoms with Crippen LogP contribution < -0.4 is 9.47 Å². The summed E-state index contributed by atoms with van der Waals surface area (Å²) >= 11 is 0. The summed E-state index contributed by atoms with van der Waals surface area (Å²) in [5, 5.41) is 13.9. The smallest absolute Gasteiger partial charge is 0.449 e. The highest BCUT2D eigenvalue weighted by Crippen LogP contribution is 2.46. The molecule has 2 heterocycles. The molecule has 2 aromatic heterocycles. The predicted molar refractivity (Wildman–Crippen MR) is 142 cm³/mol. The summed E-state index contributed by atoms with van der Waals surface area (Å²) < 4.78 is 62.1. The number of ether oxygens (including phenoxy) is 3. The molecule has 2 aliphatic carbocycles. The minimum Gasteiger partial charge on any atom is -0.449 e. The average Bonchev–Trinajstić information content (AvgIpc) is 3.62. The number of carbonyl (C=O) groups is 1. The Labute approximate surface area is 233 Å². The molecule has 0 spiro atoms. The van der Waals surface area contributed by atoms with Crippen molar-refractivity contribution in [1.29, 1.82) is 0 Å². The first-order valence-corrected chi connectivity index (χ1v) is 13.6. The fourth-order valence-electron chi connectivity index (χ4n) is 5.77. The molecule has 2 aromatic carbocycles. The molecule has 2 saturated carbocycles. The molecule has 41 heavy (non-hydrogen) atoms. The number of fused-ring (bicyclic) bond motifs is 1. The van der Waals surface area contributed by atoms with Crippen LogP contribution in [-0.2, 0) is 18.4 Å². The lowest BCUT2D eigenvalue weighted by Gasteiger charge is -2.29. The first-order chi connectivity index (χ1) is 19.7. The van der Waals surface area contributed by atoms with Crippen molar-refractivity contribution in [1.82, 2.24) is 9.72 Å². The third kappa shape index (κ3) is 5.90. The Bertz CT molecular complexity index is 1560. The summed E-state index contributed by atoms with van der Waals surface area (Å²) in [5.74, 6) is 1.20. The van der Waals surface area contributed by atoms with E-state index in [4.69, 9.17) is 19.1 Å². The van der Waals surface area contributed by atoms with Crippen molar-refractivity contribution in [3.8, 4) is 22.8 Å². The van der Waals surface area contributed by atoms with E-state index in [0.29, 0.717) is 28.7 Å². The summed E-state index contributed by atoms with van der Waals surface area (Å²) in [4.78, 5) is 11.0. The first-order valence-electron chi connectivity index (χ1n) is 13.6. The van der Waals surface area contributed by atoms with Gasteiger partial charge in [-0.1, -0.05) is 23.4 Å². The van der Waals surface area contributed by atoms with Gasteiger partial charge in [0.2, 0.25) is 0 Å². The summed E-state index contributed by atoms with van der Waals surface area (Å²) in [6.07, 6.45) is 0.862. The highest BCUT2D eigenvalue weighted by atomic mass is 19.4. The van der Waals surface area contributed by atoms with Gasteiger partial charge in [-0.25, -0.2) is 4.79 Å². The molecular weight excluding hydrogens is 541 g/mol. The van der Waals surface area contributed by atoms with E-state index in [1.165, 1.54) is 17.7 Å². The molecule has 216 valence electrons. The largest absolute Gasteiger partial charge is 0.573 e. The minimum absolute atomic E-state index is 0.00272. The topological polar surface area (TPSA) is 96.0 Å². The van der Waals surface area contributed by atoms with Gasteiger partial charge in [0.15, 0.2) is 5.75 Å². The van der Waals surface area contributed by atoms with Crippen LogP contribution in [0.15, 0.2) is 53.2 Å². The maximum Gasteiger partial charge on any atom is 0.573 e. The predicted octanol–water partition coefficient (Wildman–Crippen LogP) is 7.91. The summed E-state index contributed by atoms with van der Waals surface area (Å²) in [6.45, 7) is 0.196. The molecule has 0 unspecified atom stereocenters. The van der Waals surface area contributed by atoms with Gasteiger partial charge in [-0.05, 0) is 74.3 Å². The third-order valence-electron chi connectivity index (χ3n) is 7.92. The number of para-hydroxylation sites is 1. The van der Waals surface area contributed by atoms with Crippen molar-refractivity contribution >= 4 is 17.1 Å². The zero-order chi connectivity index (χ0) is 28.7.